The number of halogens is 1. The monoisotopic (exact) mass is 473 g/mol. The molecule has 1 aromatic heterocycles. The lowest BCUT2D eigenvalue weighted by atomic mass is 10.2. The van der Waals surface area contributed by atoms with Crippen LogP contribution in [0.1, 0.15) is 16.2 Å². The highest BCUT2D eigenvalue weighted by Crippen LogP contribution is 2.31. The van der Waals surface area contributed by atoms with Gasteiger partial charge in [0.05, 0.1) is 11.4 Å². The Morgan fingerprint density at radius 1 is 1.07 bits per heavy atom. The van der Waals surface area contributed by atoms with Crippen molar-refractivity contribution in [3.63, 3.8) is 0 Å². The molecule has 1 aromatic carbocycles. The van der Waals surface area contributed by atoms with Crippen LogP contribution in [0.4, 0.5) is 0 Å². The van der Waals surface area contributed by atoms with Crippen LogP contribution in [0.2, 0.25) is 5.02 Å². The summed E-state index contributed by atoms with van der Waals surface area (Å²) in [5.74, 6) is -0.180. The van der Waals surface area contributed by atoms with Gasteiger partial charge in [-0.25, -0.2) is 4.68 Å². The Labute approximate surface area is 189 Å². The van der Waals surface area contributed by atoms with Gasteiger partial charge in [-0.1, -0.05) is 64.8 Å². The molecule has 150 valence electrons. The third-order valence-electron chi connectivity index (χ3n) is 3.56. The van der Waals surface area contributed by atoms with Crippen LogP contribution in [0, 0.1) is 6.92 Å². The minimum Gasteiger partial charge on any atom is -0.364 e. The molecule has 0 unspecified atom stereocenters. The Morgan fingerprint density at radius 2 is 1.57 bits per heavy atom. The fourth-order valence-corrected chi connectivity index (χ4v) is 5.05. The van der Waals surface area contributed by atoms with E-state index in [1.54, 1.807) is 26.6 Å². The Bertz CT molecular complexity index is 860. The summed E-state index contributed by atoms with van der Waals surface area (Å²) in [4.78, 5) is 16.8. The second-order valence-electron chi connectivity index (χ2n) is 6.16. The van der Waals surface area contributed by atoms with Crippen molar-refractivity contribution in [2.75, 3.05) is 28.2 Å². The molecule has 0 fully saturated rings. The van der Waals surface area contributed by atoms with Gasteiger partial charge in [-0.3, -0.25) is 4.79 Å². The van der Waals surface area contributed by atoms with E-state index in [1.165, 1.54) is 23.5 Å². The standard InChI is InChI=1S/C17H20ClN5OS4/c1-10-13(19-20-23(10)12-8-6-11(18)7-9-12)14(24)15(27-16(25)21(2)3)28-17(26)22(4)5/h6-9,15H,1-5H3. The van der Waals surface area contributed by atoms with E-state index in [1.807, 2.05) is 47.2 Å². The van der Waals surface area contributed by atoms with Crippen molar-refractivity contribution in [1.29, 1.82) is 0 Å². The molecule has 0 aliphatic heterocycles. The molecule has 0 aliphatic rings. The van der Waals surface area contributed by atoms with E-state index in [0.717, 1.165) is 5.69 Å². The van der Waals surface area contributed by atoms with Crippen LogP contribution in [-0.4, -0.2) is 72.0 Å². The Kier molecular flexibility index (Phi) is 8.26. The Balaban J connectivity index is 2.34. The van der Waals surface area contributed by atoms with Crippen molar-refractivity contribution in [2.24, 2.45) is 0 Å². The summed E-state index contributed by atoms with van der Waals surface area (Å²) in [6.07, 6.45) is 0. The van der Waals surface area contributed by atoms with Crippen molar-refractivity contribution in [1.82, 2.24) is 24.8 Å². The number of nitrogens with zero attached hydrogens (tertiary/aromatic N) is 5. The number of hydrogen-bond acceptors (Lipinski definition) is 7. The fraction of sp³-hybridized carbons (Fsp3) is 0.353. The number of carbonyl (C=O) groups is 1. The topological polar surface area (TPSA) is 54.3 Å². The molecule has 2 rings (SSSR count). The van der Waals surface area contributed by atoms with Crippen LogP contribution in [0.15, 0.2) is 24.3 Å². The van der Waals surface area contributed by atoms with Crippen LogP contribution in [0.3, 0.4) is 0 Å². The lowest BCUT2D eigenvalue weighted by Gasteiger charge is -2.21. The molecule has 0 saturated carbocycles. The maximum absolute atomic E-state index is 13.2. The summed E-state index contributed by atoms with van der Waals surface area (Å²) < 4.78 is 2.24. The molecule has 11 heteroatoms. The van der Waals surface area contributed by atoms with Crippen LogP contribution in [-0.2, 0) is 0 Å². The molecule has 0 radical (unpaired) electrons. The number of thiocarbonyl (C=S) groups is 2. The molecule has 6 nitrogen and oxygen atoms in total. The molecular formula is C17H20ClN5OS4. The smallest absolute Gasteiger partial charge is 0.208 e. The quantitative estimate of drug-likeness (QED) is 0.365. The van der Waals surface area contributed by atoms with E-state index in [-0.39, 0.29) is 5.78 Å². The molecule has 0 bridgehead atoms. The summed E-state index contributed by atoms with van der Waals surface area (Å²) >= 11 is 19.3. The lowest BCUT2D eigenvalue weighted by molar-refractivity contribution is 0.100. The molecule has 1 heterocycles. The Morgan fingerprint density at radius 3 is 2.04 bits per heavy atom. The van der Waals surface area contributed by atoms with Crippen molar-refractivity contribution < 1.29 is 4.79 Å². The summed E-state index contributed by atoms with van der Waals surface area (Å²) in [6.45, 7) is 1.81. The van der Waals surface area contributed by atoms with Gasteiger partial charge in [0, 0.05) is 33.2 Å². The van der Waals surface area contributed by atoms with Crippen molar-refractivity contribution >= 4 is 74.0 Å². The van der Waals surface area contributed by atoms with Crippen LogP contribution >= 0.6 is 59.6 Å². The van der Waals surface area contributed by atoms with Crippen LogP contribution in [0.25, 0.3) is 5.69 Å². The van der Waals surface area contributed by atoms with E-state index in [0.29, 0.717) is 25.1 Å². The Hall–Kier alpha value is -1.20. The maximum Gasteiger partial charge on any atom is 0.208 e. The first-order chi connectivity index (χ1) is 13.1. The first-order valence-electron chi connectivity index (χ1n) is 8.10. The van der Waals surface area contributed by atoms with Gasteiger partial charge >= 0.3 is 0 Å². The van der Waals surface area contributed by atoms with Gasteiger partial charge < -0.3 is 9.80 Å². The van der Waals surface area contributed by atoms with Crippen LogP contribution in [0.5, 0.6) is 0 Å². The normalized spacial score (nSPS) is 10.8. The number of carbonyl (C=O) groups excluding carboxylic acids is 1. The first kappa shape index (κ1) is 23.1. The summed E-state index contributed by atoms with van der Waals surface area (Å²) in [5.41, 5.74) is 1.71. The van der Waals surface area contributed by atoms with E-state index in [2.05, 4.69) is 10.3 Å². The molecule has 0 saturated heterocycles. The maximum atomic E-state index is 13.2. The second-order valence-corrected chi connectivity index (χ2v) is 10.4. The van der Waals surface area contributed by atoms with Gasteiger partial charge in [0.1, 0.15) is 13.2 Å². The highest BCUT2D eigenvalue weighted by atomic mass is 35.5. The number of thioether (sulfide) groups is 2. The first-order valence-corrected chi connectivity index (χ1v) is 11.1. The molecule has 0 N–H and O–H groups in total. The zero-order chi connectivity index (χ0) is 21.0. The zero-order valence-electron chi connectivity index (χ0n) is 16.0. The zero-order valence-corrected chi connectivity index (χ0v) is 20.1. The van der Waals surface area contributed by atoms with E-state index in [4.69, 9.17) is 36.0 Å². The average Bonchev–Trinajstić information content (AvgIpc) is 3.02. The van der Waals surface area contributed by atoms with E-state index >= 15 is 0 Å². The van der Waals surface area contributed by atoms with Crippen molar-refractivity contribution in [2.45, 2.75) is 11.5 Å². The summed E-state index contributed by atoms with van der Waals surface area (Å²) in [7, 11) is 7.36. The lowest BCUT2D eigenvalue weighted by Crippen LogP contribution is -2.27. The minimum absolute atomic E-state index is 0.180. The fourth-order valence-electron chi connectivity index (χ4n) is 2.02. The van der Waals surface area contributed by atoms with Gasteiger partial charge in [0.15, 0.2) is 5.69 Å². The molecule has 0 aliphatic carbocycles. The van der Waals surface area contributed by atoms with Gasteiger partial charge in [0.2, 0.25) is 5.78 Å². The number of ketones is 1. The van der Waals surface area contributed by atoms with Gasteiger partial charge in [0.25, 0.3) is 0 Å². The predicted octanol–water partition coefficient (Wildman–Crippen LogP) is 3.90. The number of Topliss-reactive ketones (excluding diaryl/α,β-unsaturated/α-hetero) is 1. The SMILES string of the molecule is Cc1c(C(=O)C(SC(=S)N(C)C)SC(=S)N(C)C)nnn1-c1ccc(Cl)cc1. The summed E-state index contributed by atoms with van der Waals surface area (Å²) in [6, 6.07) is 7.17. The number of hydrogen-bond donors (Lipinski definition) is 0. The van der Waals surface area contributed by atoms with Crippen molar-refractivity contribution in [3.8, 4) is 5.69 Å². The molecular weight excluding hydrogens is 454 g/mol. The van der Waals surface area contributed by atoms with Gasteiger partial charge in [-0.15, -0.1) is 5.10 Å². The van der Waals surface area contributed by atoms with Crippen molar-refractivity contribution in [3.05, 3.63) is 40.7 Å². The minimum atomic E-state index is -0.557. The van der Waals surface area contributed by atoms with Gasteiger partial charge in [-0.05, 0) is 31.2 Å². The highest BCUT2D eigenvalue weighted by Gasteiger charge is 2.30. The average molecular weight is 474 g/mol. The second kappa shape index (κ2) is 10.0. The molecule has 0 amide bonds. The van der Waals surface area contributed by atoms with Gasteiger partial charge in [-0.2, -0.15) is 0 Å². The molecule has 0 atom stereocenters. The molecule has 2 aromatic rings. The summed E-state index contributed by atoms with van der Waals surface area (Å²) in [5, 5.41) is 8.90. The largest absolute Gasteiger partial charge is 0.364 e. The predicted molar refractivity (Wildman–Crippen MR) is 127 cm³/mol. The van der Waals surface area contributed by atoms with E-state index in [9.17, 15) is 4.79 Å². The third-order valence-corrected chi connectivity index (χ3v) is 7.69. The van der Waals surface area contributed by atoms with E-state index < -0.39 is 4.58 Å². The number of aromatic nitrogens is 3. The number of benzene rings is 1. The highest BCUT2D eigenvalue weighted by molar-refractivity contribution is 8.37. The third kappa shape index (κ3) is 5.66. The number of rotatable bonds is 5. The van der Waals surface area contributed by atoms with Crippen LogP contribution < -0.4 is 0 Å². The molecule has 0 spiro atoms. The molecule has 28 heavy (non-hydrogen) atoms.